The fourth-order valence-corrected chi connectivity index (χ4v) is 4.00. The van der Waals surface area contributed by atoms with Crippen LogP contribution in [0.5, 0.6) is 5.75 Å². The van der Waals surface area contributed by atoms with Gasteiger partial charge in [0, 0.05) is 12.5 Å². The molecular formula is C14H18N2O5S. The van der Waals surface area contributed by atoms with Crippen molar-refractivity contribution >= 4 is 15.9 Å². The molecule has 0 unspecified atom stereocenters. The van der Waals surface area contributed by atoms with Gasteiger partial charge in [-0.3, -0.25) is 4.79 Å². The van der Waals surface area contributed by atoms with Gasteiger partial charge in [0.05, 0.1) is 12.0 Å². The Kier molecular flexibility index (Phi) is 4.28. The van der Waals surface area contributed by atoms with E-state index in [4.69, 9.17) is 10.5 Å². The van der Waals surface area contributed by atoms with Crippen LogP contribution in [-0.2, 0) is 14.8 Å². The number of nitrogens with zero attached hydrogens (tertiary/aromatic N) is 1. The maximum absolute atomic E-state index is 12.7. The summed E-state index contributed by atoms with van der Waals surface area (Å²) in [5.41, 5.74) is 2.96. The van der Waals surface area contributed by atoms with Crippen LogP contribution in [0.25, 0.3) is 0 Å². The summed E-state index contributed by atoms with van der Waals surface area (Å²) in [6.07, 6.45) is 3.13. The molecule has 0 aromatic heterocycles. The lowest BCUT2D eigenvalue weighted by atomic mass is 9.93. The van der Waals surface area contributed by atoms with Gasteiger partial charge in [-0.05, 0) is 24.3 Å². The Morgan fingerprint density at radius 2 is 2.00 bits per heavy atom. The number of sulfonamides is 1. The minimum atomic E-state index is -4.10. The molecule has 0 saturated heterocycles. The van der Waals surface area contributed by atoms with E-state index in [0.717, 1.165) is 4.31 Å². The number of benzene rings is 1. The van der Waals surface area contributed by atoms with E-state index in [1.54, 1.807) is 12.2 Å². The summed E-state index contributed by atoms with van der Waals surface area (Å²) in [5.74, 6) is -1.37. The van der Waals surface area contributed by atoms with Gasteiger partial charge in [0.15, 0.2) is 0 Å². The van der Waals surface area contributed by atoms with Crippen molar-refractivity contribution in [1.82, 2.24) is 4.31 Å². The summed E-state index contributed by atoms with van der Waals surface area (Å²) in [5, 5.41) is 10.6. The highest BCUT2D eigenvalue weighted by molar-refractivity contribution is 7.89. The molecule has 2 atom stereocenters. The van der Waals surface area contributed by atoms with E-state index in [1.165, 1.54) is 38.3 Å². The molecule has 0 aliphatic carbocycles. The average Bonchev–Trinajstić information content (AvgIpc) is 2.49. The standard InChI is InChI=1S/C14H18N2O5S/c1-10-4-3-9-16(14(10,18)13(15)17)22(19,20)12-7-5-11(21-2)6-8-12/h3-8,10,18H,9H2,1-2H3,(H2,15,17)/t10-,14-/m1/s1. The molecule has 7 nitrogen and oxygen atoms in total. The van der Waals surface area contributed by atoms with Gasteiger partial charge < -0.3 is 15.6 Å². The fourth-order valence-electron chi connectivity index (χ4n) is 2.36. The van der Waals surface area contributed by atoms with E-state index in [9.17, 15) is 18.3 Å². The lowest BCUT2D eigenvalue weighted by molar-refractivity contribution is -0.156. The molecular weight excluding hydrogens is 308 g/mol. The van der Waals surface area contributed by atoms with Crippen LogP contribution in [0.2, 0.25) is 0 Å². The highest BCUT2D eigenvalue weighted by Crippen LogP contribution is 2.33. The maximum atomic E-state index is 12.7. The van der Waals surface area contributed by atoms with E-state index in [-0.39, 0.29) is 11.4 Å². The third-order valence-electron chi connectivity index (χ3n) is 3.72. The van der Waals surface area contributed by atoms with Crippen molar-refractivity contribution in [1.29, 1.82) is 0 Å². The molecule has 1 aliphatic heterocycles. The third-order valence-corrected chi connectivity index (χ3v) is 5.60. The number of carbonyl (C=O) groups excluding carboxylic acids is 1. The van der Waals surface area contributed by atoms with Gasteiger partial charge in [-0.15, -0.1) is 0 Å². The first kappa shape index (κ1) is 16.5. The minimum Gasteiger partial charge on any atom is -0.497 e. The molecule has 2 rings (SSSR count). The van der Waals surface area contributed by atoms with Gasteiger partial charge in [-0.2, -0.15) is 4.31 Å². The number of hydrogen-bond acceptors (Lipinski definition) is 5. The monoisotopic (exact) mass is 326 g/mol. The molecule has 22 heavy (non-hydrogen) atoms. The zero-order valence-corrected chi connectivity index (χ0v) is 13.1. The van der Waals surface area contributed by atoms with Crippen LogP contribution in [0.4, 0.5) is 0 Å². The van der Waals surface area contributed by atoms with E-state index in [2.05, 4.69) is 0 Å². The van der Waals surface area contributed by atoms with Gasteiger partial charge in [0.2, 0.25) is 15.7 Å². The number of nitrogens with two attached hydrogens (primary N) is 1. The molecule has 8 heteroatoms. The van der Waals surface area contributed by atoms with Crippen LogP contribution in [-0.4, -0.2) is 43.1 Å². The van der Waals surface area contributed by atoms with Crippen LogP contribution < -0.4 is 10.5 Å². The van der Waals surface area contributed by atoms with Crippen LogP contribution in [0, 0.1) is 5.92 Å². The molecule has 1 amide bonds. The number of hydrogen-bond donors (Lipinski definition) is 2. The van der Waals surface area contributed by atoms with Crippen molar-refractivity contribution < 1.29 is 23.1 Å². The first-order valence-electron chi connectivity index (χ1n) is 6.60. The molecule has 1 aromatic carbocycles. The second kappa shape index (κ2) is 5.71. The highest BCUT2D eigenvalue weighted by atomic mass is 32.2. The number of ether oxygens (including phenoxy) is 1. The van der Waals surface area contributed by atoms with Gasteiger partial charge in [0.1, 0.15) is 5.75 Å². The quantitative estimate of drug-likeness (QED) is 0.761. The first-order chi connectivity index (χ1) is 10.2. The van der Waals surface area contributed by atoms with Crippen molar-refractivity contribution in [3.8, 4) is 5.75 Å². The summed E-state index contributed by atoms with van der Waals surface area (Å²) in [6.45, 7) is 1.38. The van der Waals surface area contributed by atoms with E-state index < -0.39 is 27.6 Å². The lowest BCUT2D eigenvalue weighted by Crippen LogP contribution is -2.64. The largest absolute Gasteiger partial charge is 0.497 e. The molecule has 1 aliphatic rings. The molecule has 0 fully saturated rings. The van der Waals surface area contributed by atoms with Crippen molar-refractivity contribution in [2.24, 2.45) is 11.7 Å². The molecule has 120 valence electrons. The lowest BCUT2D eigenvalue weighted by Gasteiger charge is -2.41. The molecule has 0 radical (unpaired) electrons. The van der Waals surface area contributed by atoms with Gasteiger partial charge in [-0.25, -0.2) is 8.42 Å². The Labute approximate surface area is 129 Å². The Bertz CT molecular complexity index is 698. The fraction of sp³-hybridized carbons (Fsp3) is 0.357. The van der Waals surface area contributed by atoms with Crippen LogP contribution >= 0.6 is 0 Å². The second-order valence-corrected chi connectivity index (χ2v) is 6.88. The van der Waals surface area contributed by atoms with Gasteiger partial charge >= 0.3 is 0 Å². The smallest absolute Gasteiger partial charge is 0.266 e. The number of amides is 1. The summed E-state index contributed by atoms with van der Waals surface area (Å²) in [7, 11) is -2.63. The molecule has 0 spiro atoms. The Morgan fingerprint density at radius 1 is 1.41 bits per heavy atom. The number of rotatable bonds is 4. The zero-order valence-electron chi connectivity index (χ0n) is 12.3. The van der Waals surface area contributed by atoms with E-state index in [1.807, 2.05) is 0 Å². The minimum absolute atomic E-state index is 0.0597. The van der Waals surface area contributed by atoms with Gasteiger partial charge in [-0.1, -0.05) is 19.1 Å². The third kappa shape index (κ3) is 2.49. The molecule has 3 N–H and O–H groups in total. The number of aliphatic hydroxyl groups is 1. The topological polar surface area (TPSA) is 110 Å². The van der Waals surface area contributed by atoms with E-state index >= 15 is 0 Å². The first-order valence-corrected chi connectivity index (χ1v) is 8.04. The summed E-state index contributed by atoms with van der Waals surface area (Å²) >= 11 is 0. The zero-order chi connectivity index (χ0) is 16.5. The van der Waals surface area contributed by atoms with Crippen LogP contribution in [0.1, 0.15) is 6.92 Å². The second-order valence-electron chi connectivity index (χ2n) is 5.02. The average molecular weight is 326 g/mol. The van der Waals surface area contributed by atoms with Gasteiger partial charge in [0.25, 0.3) is 5.91 Å². The molecule has 0 saturated carbocycles. The summed E-state index contributed by atoms with van der Waals surface area (Å²) in [4.78, 5) is 11.6. The Hall–Kier alpha value is -1.90. The summed E-state index contributed by atoms with van der Waals surface area (Å²) < 4.78 is 31.2. The van der Waals surface area contributed by atoms with Crippen LogP contribution in [0.15, 0.2) is 41.3 Å². The number of primary amides is 1. The molecule has 1 aromatic rings. The van der Waals surface area contributed by atoms with Crippen molar-refractivity contribution in [3.63, 3.8) is 0 Å². The Balaban J connectivity index is 2.51. The Morgan fingerprint density at radius 3 is 2.50 bits per heavy atom. The number of carbonyl (C=O) groups is 1. The summed E-state index contributed by atoms with van der Waals surface area (Å²) in [6, 6.07) is 5.66. The van der Waals surface area contributed by atoms with Crippen molar-refractivity contribution in [3.05, 3.63) is 36.4 Å². The molecule has 1 heterocycles. The predicted molar refractivity (Wildman–Crippen MR) is 79.3 cm³/mol. The van der Waals surface area contributed by atoms with Crippen molar-refractivity contribution in [2.45, 2.75) is 17.5 Å². The maximum Gasteiger partial charge on any atom is 0.266 e. The predicted octanol–water partition coefficient (Wildman–Crippen LogP) is 0.0657. The highest BCUT2D eigenvalue weighted by Gasteiger charge is 2.51. The number of methoxy groups -OCH3 is 1. The molecule has 0 bridgehead atoms. The van der Waals surface area contributed by atoms with Crippen molar-refractivity contribution in [2.75, 3.05) is 13.7 Å². The van der Waals surface area contributed by atoms with Crippen LogP contribution in [0.3, 0.4) is 0 Å². The van der Waals surface area contributed by atoms with E-state index in [0.29, 0.717) is 5.75 Å². The SMILES string of the molecule is COc1ccc(S(=O)(=O)N2CC=C[C@@H](C)[C@@]2(O)C(N)=O)cc1. The normalized spacial score (nSPS) is 25.9.